The maximum absolute atomic E-state index is 11.7. The van der Waals surface area contributed by atoms with Gasteiger partial charge in [-0.25, -0.2) is 0 Å². The van der Waals surface area contributed by atoms with E-state index in [1.807, 2.05) is 11.8 Å². The lowest BCUT2D eigenvalue weighted by Crippen LogP contribution is -2.37. The fraction of sp³-hybridized carbons (Fsp3) is 0.917. The van der Waals surface area contributed by atoms with E-state index in [1.165, 1.54) is 24.3 Å². The molecule has 4 heteroatoms. The normalized spacial score (nSPS) is 26.9. The number of rotatable bonds is 4. The van der Waals surface area contributed by atoms with Crippen LogP contribution in [0.3, 0.4) is 0 Å². The predicted octanol–water partition coefficient (Wildman–Crippen LogP) is 1.53. The first-order chi connectivity index (χ1) is 7.84. The Bertz CT molecular complexity index is 223. The Hall–Kier alpha value is -0.220. The average molecular weight is 242 g/mol. The summed E-state index contributed by atoms with van der Waals surface area (Å²) in [5.41, 5.74) is 0. The van der Waals surface area contributed by atoms with Gasteiger partial charge in [-0.15, -0.1) is 0 Å². The summed E-state index contributed by atoms with van der Waals surface area (Å²) in [6.45, 7) is 1.13. The Morgan fingerprint density at radius 2 is 2.12 bits per heavy atom. The molecule has 0 aliphatic carbocycles. The molecule has 0 spiro atoms. The highest BCUT2D eigenvalue weighted by Crippen LogP contribution is 2.17. The largest absolute Gasteiger partial charge is 0.353 e. The molecule has 0 aromatic heterocycles. The summed E-state index contributed by atoms with van der Waals surface area (Å²) in [5, 5.41) is 6.60. The molecule has 0 bridgehead atoms. The molecule has 2 fully saturated rings. The van der Waals surface area contributed by atoms with E-state index in [0.29, 0.717) is 18.5 Å². The van der Waals surface area contributed by atoms with E-state index < -0.39 is 0 Å². The molecule has 2 rings (SSSR count). The van der Waals surface area contributed by atoms with Crippen LogP contribution in [0.5, 0.6) is 0 Å². The van der Waals surface area contributed by atoms with E-state index in [1.54, 1.807) is 0 Å². The molecule has 0 radical (unpaired) electrons. The third-order valence-corrected chi connectivity index (χ3v) is 4.52. The van der Waals surface area contributed by atoms with Gasteiger partial charge in [-0.1, -0.05) is 0 Å². The first kappa shape index (κ1) is 12.2. The van der Waals surface area contributed by atoms with Crippen LogP contribution < -0.4 is 10.6 Å². The topological polar surface area (TPSA) is 41.1 Å². The van der Waals surface area contributed by atoms with Crippen molar-refractivity contribution >= 4 is 17.7 Å². The summed E-state index contributed by atoms with van der Waals surface area (Å²) < 4.78 is 0. The van der Waals surface area contributed by atoms with Crippen molar-refractivity contribution < 1.29 is 4.79 Å². The summed E-state index contributed by atoms with van der Waals surface area (Å²) in [4.78, 5) is 11.7. The van der Waals surface area contributed by atoms with Crippen LogP contribution in [0.1, 0.15) is 38.5 Å². The lowest BCUT2D eigenvalue weighted by atomic mass is 10.1. The molecule has 2 saturated heterocycles. The molecule has 1 unspecified atom stereocenters. The number of nitrogens with one attached hydrogen (secondary N) is 2. The van der Waals surface area contributed by atoms with Gasteiger partial charge in [0.25, 0.3) is 0 Å². The van der Waals surface area contributed by atoms with Gasteiger partial charge < -0.3 is 10.6 Å². The first-order valence-electron chi connectivity index (χ1n) is 6.45. The fourth-order valence-corrected chi connectivity index (χ4v) is 3.56. The maximum atomic E-state index is 11.7. The molecule has 2 aliphatic heterocycles. The molecule has 2 N–H and O–H groups in total. The van der Waals surface area contributed by atoms with Crippen molar-refractivity contribution in [2.45, 2.75) is 50.6 Å². The van der Waals surface area contributed by atoms with Crippen LogP contribution in [-0.4, -0.2) is 36.0 Å². The van der Waals surface area contributed by atoms with E-state index in [2.05, 4.69) is 10.6 Å². The quantitative estimate of drug-likeness (QED) is 0.785. The zero-order valence-corrected chi connectivity index (χ0v) is 10.7. The van der Waals surface area contributed by atoms with E-state index in [0.717, 1.165) is 25.8 Å². The van der Waals surface area contributed by atoms with Crippen molar-refractivity contribution in [3.8, 4) is 0 Å². The lowest BCUT2D eigenvalue weighted by molar-refractivity contribution is -0.122. The monoisotopic (exact) mass is 242 g/mol. The molecule has 2 aliphatic rings. The summed E-state index contributed by atoms with van der Waals surface area (Å²) in [7, 11) is 0. The van der Waals surface area contributed by atoms with Crippen LogP contribution in [0.4, 0.5) is 0 Å². The predicted molar refractivity (Wildman–Crippen MR) is 68.7 cm³/mol. The Kier molecular flexibility index (Phi) is 4.97. The third kappa shape index (κ3) is 3.98. The number of hydrogen-bond donors (Lipinski definition) is 2. The minimum absolute atomic E-state index is 0.255. The molecule has 0 aromatic carbocycles. The molecule has 92 valence electrons. The highest BCUT2D eigenvalue weighted by molar-refractivity contribution is 7.99. The summed E-state index contributed by atoms with van der Waals surface area (Å²) >= 11 is 2.00. The van der Waals surface area contributed by atoms with E-state index in [-0.39, 0.29) is 5.91 Å². The number of hydrogen-bond acceptors (Lipinski definition) is 3. The van der Waals surface area contributed by atoms with Crippen LogP contribution in [0.2, 0.25) is 0 Å². The molecule has 1 amide bonds. The van der Waals surface area contributed by atoms with Gasteiger partial charge in [-0.2, -0.15) is 11.8 Å². The van der Waals surface area contributed by atoms with Crippen LogP contribution in [0, 0.1) is 0 Å². The van der Waals surface area contributed by atoms with Gasteiger partial charge in [0.05, 0.1) is 0 Å². The molecule has 0 aromatic rings. The standard InChI is InChI=1S/C12H22N2OS/c15-12(4-3-10-2-1-7-13-10)14-11-5-8-16-9-6-11/h10-11,13H,1-9H2,(H,14,15). The maximum Gasteiger partial charge on any atom is 0.220 e. The highest BCUT2D eigenvalue weighted by atomic mass is 32.2. The van der Waals surface area contributed by atoms with Gasteiger partial charge in [0.1, 0.15) is 0 Å². The minimum atomic E-state index is 0.255. The Morgan fingerprint density at radius 1 is 1.31 bits per heavy atom. The minimum Gasteiger partial charge on any atom is -0.353 e. The van der Waals surface area contributed by atoms with Gasteiger partial charge in [0, 0.05) is 18.5 Å². The Morgan fingerprint density at radius 3 is 2.81 bits per heavy atom. The van der Waals surface area contributed by atoms with Crippen molar-refractivity contribution in [2.24, 2.45) is 0 Å². The van der Waals surface area contributed by atoms with Gasteiger partial charge in [-0.05, 0) is 50.2 Å². The molecule has 2 heterocycles. The second-order valence-corrected chi connectivity index (χ2v) is 6.01. The summed E-state index contributed by atoms with van der Waals surface area (Å²) in [6, 6.07) is 1.04. The number of carbonyl (C=O) groups excluding carboxylic acids is 1. The Labute approximate surface area is 102 Å². The van der Waals surface area contributed by atoms with E-state index in [4.69, 9.17) is 0 Å². The lowest BCUT2D eigenvalue weighted by Gasteiger charge is -2.22. The zero-order chi connectivity index (χ0) is 11.2. The summed E-state index contributed by atoms with van der Waals surface area (Å²) in [6.07, 6.45) is 6.52. The van der Waals surface area contributed by atoms with Crippen molar-refractivity contribution in [1.82, 2.24) is 10.6 Å². The van der Waals surface area contributed by atoms with Gasteiger partial charge in [0.15, 0.2) is 0 Å². The molecular formula is C12H22N2OS. The van der Waals surface area contributed by atoms with Gasteiger partial charge >= 0.3 is 0 Å². The van der Waals surface area contributed by atoms with E-state index >= 15 is 0 Å². The average Bonchev–Trinajstić information content (AvgIpc) is 2.81. The van der Waals surface area contributed by atoms with Crippen molar-refractivity contribution in [2.75, 3.05) is 18.1 Å². The van der Waals surface area contributed by atoms with Crippen LogP contribution in [0.25, 0.3) is 0 Å². The van der Waals surface area contributed by atoms with Crippen molar-refractivity contribution in [1.29, 1.82) is 0 Å². The van der Waals surface area contributed by atoms with E-state index in [9.17, 15) is 4.79 Å². The number of carbonyl (C=O) groups is 1. The van der Waals surface area contributed by atoms with Crippen LogP contribution >= 0.6 is 11.8 Å². The second-order valence-electron chi connectivity index (χ2n) is 4.79. The van der Waals surface area contributed by atoms with Crippen LogP contribution in [0.15, 0.2) is 0 Å². The Balaban J connectivity index is 1.59. The SMILES string of the molecule is O=C(CCC1CCCN1)NC1CCSCC1. The molecule has 3 nitrogen and oxygen atoms in total. The molecule has 0 saturated carbocycles. The summed E-state index contributed by atoms with van der Waals surface area (Å²) in [5.74, 6) is 2.66. The van der Waals surface area contributed by atoms with Gasteiger partial charge in [-0.3, -0.25) is 4.79 Å². The number of thioether (sulfide) groups is 1. The number of amides is 1. The van der Waals surface area contributed by atoms with Gasteiger partial charge in [0.2, 0.25) is 5.91 Å². The highest BCUT2D eigenvalue weighted by Gasteiger charge is 2.18. The third-order valence-electron chi connectivity index (χ3n) is 3.47. The molecule has 16 heavy (non-hydrogen) atoms. The smallest absolute Gasteiger partial charge is 0.220 e. The molecular weight excluding hydrogens is 220 g/mol. The molecule has 1 atom stereocenters. The first-order valence-corrected chi connectivity index (χ1v) is 7.60. The fourth-order valence-electron chi connectivity index (χ4n) is 2.45. The second kappa shape index (κ2) is 6.50. The van der Waals surface area contributed by atoms with Crippen molar-refractivity contribution in [3.63, 3.8) is 0 Å². The van der Waals surface area contributed by atoms with Crippen molar-refractivity contribution in [3.05, 3.63) is 0 Å². The zero-order valence-electron chi connectivity index (χ0n) is 9.84. The van der Waals surface area contributed by atoms with Crippen LogP contribution in [-0.2, 0) is 4.79 Å².